The third-order valence-electron chi connectivity index (χ3n) is 2.70. The Bertz CT molecular complexity index is 643. The smallest absolute Gasteiger partial charge is 0.176 e. The van der Waals surface area contributed by atoms with Crippen molar-refractivity contribution >= 4 is 11.6 Å². The molecule has 0 aliphatic carbocycles. The summed E-state index contributed by atoms with van der Waals surface area (Å²) in [4.78, 5) is 23.5. The maximum absolute atomic E-state index is 13.4. The zero-order valence-electron chi connectivity index (χ0n) is 10.2. The zero-order chi connectivity index (χ0) is 14.7. The van der Waals surface area contributed by atoms with Crippen LogP contribution in [0.15, 0.2) is 42.5 Å². The molecule has 0 fully saturated rings. The molecular weight excluding hydrogens is 269 g/mol. The summed E-state index contributed by atoms with van der Waals surface area (Å²) in [6, 6.07) is 8.71. The minimum Gasteiger partial charge on any atom is -0.294 e. The van der Waals surface area contributed by atoms with Gasteiger partial charge in [-0.15, -0.1) is 0 Å². The quantitative estimate of drug-likeness (QED) is 0.633. The van der Waals surface area contributed by atoms with E-state index in [0.29, 0.717) is 12.1 Å². The van der Waals surface area contributed by atoms with E-state index >= 15 is 0 Å². The fourth-order valence-electron chi connectivity index (χ4n) is 1.77. The molecule has 0 amide bonds. The molecule has 0 bridgehead atoms. The van der Waals surface area contributed by atoms with Crippen LogP contribution in [0.4, 0.5) is 13.2 Å². The first kappa shape index (κ1) is 14.0. The van der Waals surface area contributed by atoms with Crippen LogP contribution in [0.1, 0.15) is 27.1 Å². The van der Waals surface area contributed by atoms with Gasteiger partial charge in [-0.2, -0.15) is 0 Å². The number of rotatable bonds is 4. The van der Waals surface area contributed by atoms with E-state index < -0.39 is 41.0 Å². The number of benzene rings is 2. The second kappa shape index (κ2) is 5.69. The zero-order valence-corrected chi connectivity index (χ0v) is 10.2. The predicted octanol–water partition coefficient (Wildman–Crippen LogP) is 3.56. The molecule has 0 aliphatic heterocycles. The van der Waals surface area contributed by atoms with Crippen molar-refractivity contribution in [2.45, 2.75) is 6.42 Å². The van der Waals surface area contributed by atoms with E-state index in [0.717, 1.165) is 0 Å². The van der Waals surface area contributed by atoms with Crippen LogP contribution in [0.2, 0.25) is 0 Å². The van der Waals surface area contributed by atoms with Gasteiger partial charge in [-0.25, -0.2) is 13.2 Å². The summed E-state index contributed by atoms with van der Waals surface area (Å²) in [5.41, 5.74) is -0.626. The topological polar surface area (TPSA) is 34.1 Å². The van der Waals surface area contributed by atoms with Crippen molar-refractivity contribution in [1.82, 2.24) is 0 Å². The number of Topliss-reactive ketones (excluding diaryl/α,β-unsaturated/α-hetero) is 2. The third-order valence-corrected chi connectivity index (χ3v) is 2.70. The molecule has 0 aliphatic rings. The van der Waals surface area contributed by atoms with Crippen molar-refractivity contribution in [3.63, 3.8) is 0 Å². The van der Waals surface area contributed by atoms with E-state index in [1.165, 1.54) is 12.1 Å². The Labute approximate surface area is 112 Å². The van der Waals surface area contributed by atoms with Crippen LogP contribution in [-0.4, -0.2) is 11.6 Å². The molecule has 0 saturated heterocycles. The number of carbonyl (C=O) groups excluding carboxylic acids is 2. The van der Waals surface area contributed by atoms with Gasteiger partial charge in [-0.05, 0) is 0 Å². The Morgan fingerprint density at radius 2 is 1.40 bits per heavy atom. The van der Waals surface area contributed by atoms with Gasteiger partial charge >= 0.3 is 0 Å². The Hall–Kier alpha value is -2.43. The van der Waals surface area contributed by atoms with Crippen molar-refractivity contribution in [3.05, 3.63) is 71.0 Å². The van der Waals surface area contributed by atoms with Gasteiger partial charge in [0.25, 0.3) is 0 Å². The maximum Gasteiger partial charge on any atom is 0.176 e. The van der Waals surface area contributed by atoms with Gasteiger partial charge in [0.15, 0.2) is 11.6 Å². The fraction of sp³-hybridized carbons (Fsp3) is 0.0667. The molecule has 2 nitrogen and oxygen atoms in total. The van der Waals surface area contributed by atoms with E-state index in [9.17, 15) is 22.8 Å². The van der Waals surface area contributed by atoms with Gasteiger partial charge in [-0.3, -0.25) is 9.59 Å². The molecule has 2 aromatic carbocycles. The van der Waals surface area contributed by atoms with Crippen LogP contribution in [0, 0.1) is 17.5 Å². The fourth-order valence-corrected chi connectivity index (χ4v) is 1.77. The van der Waals surface area contributed by atoms with Crippen molar-refractivity contribution in [2.75, 3.05) is 0 Å². The molecule has 2 rings (SSSR count). The van der Waals surface area contributed by atoms with Gasteiger partial charge in [0.05, 0.1) is 12.0 Å². The van der Waals surface area contributed by atoms with Crippen molar-refractivity contribution in [3.8, 4) is 0 Å². The average molecular weight is 278 g/mol. The molecule has 0 aromatic heterocycles. The monoisotopic (exact) mass is 278 g/mol. The normalized spacial score (nSPS) is 10.3. The number of hydrogen-bond donors (Lipinski definition) is 0. The van der Waals surface area contributed by atoms with Crippen molar-refractivity contribution < 1.29 is 22.8 Å². The van der Waals surface area contributed by atoms with Gasteiger partial charge in [-0.1, -0.05) is 30.3 Å². The van der Waals surface area contributed by atoms with E-state index in [2.05, 4.69) is 0 Å². The highest BCUT2D eigenvalue weighted by Crippen LogP contribution is 2.17. The van der Waals surface area contributed by atoms with E-state index in [-0.39, 0.29) is 5.56 Å². The van der Waals surface area contributed by atoms with Gasteiger partial charge < -0.3 is 0 Å². The molecule has 0 unspecified atom stereocenters. The van der Waals surface area contributed by atoms with Crippen LogP contribution in [0.25, 0.3) is 0 Å². The second-order valence-electron chi connectivity index (χ2n) is 4.13. The molecule has 5 heteroatoms. The Morgan fingerprint density at radius 3 is 1.95 bits per heavy atom. The molecule has 2 aromatic rings. The predicted molar refractivity (Wildman–Crippen MR) is 66.0 cm³/mol. The first-order valence-corrected chi connectivity index (χ1v) is 5.75. The Balaban J connectivity index is 2.24. The van der Waals surface area contributed by atoms with Crippen LogP contribution in [0.3, 0.4) is 0 Å². The molecule has 0 N–H and O–H groups in total. The summed E-state index contributed by atoms with van der Waals surface area (Å²) in [5, 5.41) is 0. The SMILES string of the molecule is O=C(CC(=O)c1c(F)cc(F)cc1F)c1ccccc1. The van der Waals surface area contributed by atoms with Crippen LogP contribution in [-0.2, 0) is 0 Å². The summed E-state index contributed by atoms with van der Waals surface area (Å²) in [6.07, 6.45) is -0.677. The third kappa shape index (κ3) is 2.93. The number of ketones is 2. The van der Waals surface area contributed by atoms with Crippen LogP contribution < -0.4 is 0 Å². The second-order valence-corrected chi connectivity index (χ2v) is 4.13. The highest BCUT2D eigenvalue weighted by Gasteiger charge is 2.21. The molecule has 0 heterocycles. The Kier molecular flexibility index (Phi) is 3.98. The molecule has 0 spiro atoms. The maximum atomic E-state index is 13.4. The number of hydrogen-bond acceptors (Lipinski definition) is 2. The first-order chi connectivity index (χ1) is 9.49. The standard InChI is InChI=1S/C15H9F3O2/c16-10-6-11(17)15(12(18)7-10)14(20)8-13(19)9-4-2-1-3-5-9/h1-7H,8H2. The minimum atomic E-state index is -1.31. The molecule has 0 saturated carbocycles. The lowest BCUT2D eigenvalue weighted by atomic mass is 10.0. The molecule has 0 radical (unpaired) electrons. The molecular formula is C15H9F3O2. The van der Waals surface area contributed by atoms with Crippen molar-refractivity contribution in [1.29, 1.82) is 0 Å². The largest absolute Gasteiger partial charge is 0.294 e. The van der Waals surface area contributed by atoms with Gasteiger partial charge in [0.2, 0.25) is 0 Å². The highest BCUT2D eigenvalue weighted by atomic mass is 19.1. The number of carbonyl (C=O) groups is 2. The van der Waals surface area contributed by atoms with Crippen LogP contribution >= 0.6 is 0 Å². The molecule has 102 valence electrons. The lowest BCUT2D eigenvalue weighted by Crippen LogP contribution is -2.12. The minimum absolute atomic E-state index is 0.267. The summed E-state index contributed by atoms with van der Waals surface area (Å²) < 4.78 is 39.5. The average Bonchev–Trinajstić information content (AvgIpc) is 2.38. The molecule has 0 atom stereocenters. The highest BCUT2D eigenvalue weighted by molar-refractivity contribution is 6.13. The van der Waals surface area contributed by atoms with Gasteiger partial charge in [0, 0.05) is 17.7 Å². The van der Waals surface area contributed by atoms with E-state index in [4.69, 9.17) is 0 Å². The Morgan fingerprint density at radius 1 is 0.850 bits per heavy atom. The summed E-state index contributed by atoms with van der Waals surface area (Å²) in [7, 11) is 0. The summed E-state index contributed by atoms with van der Waals surface area (Å²) in [5.74, 6) is -5.32. The van der Waals surface area contributed by atoms with Crippen LogP contribution in [0.5, 0.6) is 0 Å². The lowest BCUT2D eigenvalue weighted by molar-refractivity contribution is 0.0890. The summed E-state index contributed by atoms with van der Waals surface area (Å²) in [6.45, 7) is 0. The van der Waals surface area contributed by atoms with Crippen molar-refractivity contribution in [2.24, 2.45) is 0 Å². The van der Waals surface area contributed by atoms with Gasteiger partial charge in [0.1, 0.15) is 17.5 Å². The number of halogens is 3. The first-order valence-electron chi connectivity index (χ1n) is 5.75. The molecule has 20 heavy (non-hydrogen) atoms. The van der Waals surface area contributed by atoms with E-state index in [1.807, 2.05) is 0 Å². The lowest BCUT2D eigenvalue weighted by Gasteiger charge is -2.04. The summed E-state index contributed by atoms with van der Waals surface area (Å²) >= 11 is 0. The van der Waals surface area contributed by atoms with E-state index in [1.54, 1.807) is 18.2 Å².